The number of morpholine rings is 1. The van der Waals surface area contributed by atoms with Crippen LogP contribution in [0.1, 0.15) is 22.7 Å². The number of rotatable bonds is 6. The lowest BCUT2D eigenvalue weighted by Gasteiger charge is -2.30. The van der Waals surface area contributed by atoms with Crippen LogP contribution in [0, 0.1) is 0 Å². The molecule has 2 aliphatic heterocycles. The fourth-order valence-electron chi connectivity index (χ4n) is 4.75. The predicted molar refractivity (Wildman–Crippen MR) is 160 cm³/mol. The van der Waals surface area contributed by atoms with Crippen molar-refractivity contribution in [1.82, 2.24) is 20.1 Å². The van der Waals surface area contributed by atoms with Crippen molar-refractivity contribution in [3.8, 4) is 0 Å². The number of amides is 1. The number of amidine groups is 1. The highest BCUT2D eigenvalue weighted by Gasteiger charge is 2.32. The minimum Gasteiger partial charge on any atom is -0.404 e. The molecule has 0 bridgehead atoms. The SMILES string of the molecule is NC=C(C(=Nc1ccc(C(F)(F)F)nc1)N1CCOCC1)c1nnc(N[C@H]2N=C(c3ccccc3)c3ccccc3NC2=O)o1. The Morgan fingerprint density at radius 3 is 2.51 bits per heavy atom. The van der Waals surface area contributed by atoms with Crippen LogP contribution in [0.5, 0.6) is 0 Å². The quantitative estimate of drug-likeness (QED) is 0.214. The highest BCUT2D eigenvalue weighted by molar-refractivity contribution is 6.22. The zero-order chi connectivity index (χ0) is 31.4. The second-order valence-electron chi connectivity index (χ2n) is 9.85. The van der Waals surface area contributed by atoms with E-state index in [1.807, 2.05) is 53.4 Å². The molecule has 45 heavy (non-hydrogen) atoms. The third-order valence-electron chi connectivity index (χ3n) is 6.90. The molecule has 1 saturated heterocycles. The number of ether oxygens (including phenoxy) is 1. The summed E-state index contributed by atoms with van der Waals surface area (Å²) in [7, 11) is 0. The molecule has 1 fully saturated rings. The molecule has 12 nitrogen and oxygen atoms in total. The molecule has 0 aliphatic carbocycles. The number of carbonyl (C=O) groups excluding carboxylic acids is 1. The molecule has 1 amide bonds. The van der Waals surface area contributed by atoms with Crippen LogP contribution in [0.3, 0.4) is 0 Å². The van der Waals surface area contributed by atoms with Gasteiger partial charge in [-0.3, -0.25) is 4.79 Å². The lowest BCUT2D eigenvalue weighted by atomic mass is 10.0. The first kappa shape index (κ1) is 29.5. The molecular formula is C30H26F3N9O3. The van der Waals surface area contributed by atoms with Gasteiger partial charge in [-0.25, -0.2) is 15.0 Å². The highest BCUT2D eigenvalue weighted by Crippen LogP contribution is 2.30. The summed E-state index contributed by atoms with van der Waals surface area (Å²) in [6, 6.07) is 18.7. The smallest absolute Gasteiger partial charge is 0.404 e. The molecule has 4 N–H and O–H groups in total. The van der Waals surface area contributed by atoms with Crippen molar-refractivity contribution in [2.75, 3.05) is 36.9 Å². The van der Waals surface area contributed by atoms with E-state index in [4.69, 9.17) is 19.9 Å². The summed E-state index contributed by atoms with van der Waals surface area (Å²) in [6.07, 6.45) is -3.50. The number of aliphatic imine (C=N–C) groups is 2. The monoisotopic (exact) mass is 617 g/mol. The molecule has 4 aromatic rings. The van der Waals surface area contributed by atoms with Gasteiger partial charge in [-0.15, -0.1) is 5.10 Å². The maximum atomic E-state index is 13.2. The third kappa shape index (κ3) is 6.52. The zero-order valence-corrected chi connectivity index (χ0v) is 23.5. The lowest BCUT2D eigenvalue weighted by molar-refractivity contribution is -0.141. The van der Waals surface area contributed by atoms with Crippen LogP contribution in [0.15, 0.2) is 93.5 Å². The van der Waals surface area contributed by atoms with Gasteiger partial charge in [0.15, 0.2) is 0 Å². The number of benzene rings is 2. The van der Waals surface area contributed by atoms with E-state index in [-0.39, 0.29) is 29.0 Å². The Morgan fingerprint density at radius 2 is 1.80 bits per heavy atom. The second kappa shape index (κ2) is 12.6. The molecular weight excluding hydrogens is 591 g/mol. The molecule has 4 heterocycles. The summed E-state index contributed by atoms with van der Waals surface area (Å²) in [4.78, 5) is 27.8. The van der Waals surface area contributed by atoms with E-state index in [1.165, 1.54) is 12.3 Å². The van der Waals surface area contributed by atoms with E-state index in [0.29, 0.717) is 37.7 Å². The van der Waals surface area contributed by atoms with Gasteiger partial charge in [0.05, 0.1) is 42.1 Å². The van der Waals surface area contributed by atoms with E-state index in [9.17, 15) is 18.0 Å². The van der Waals surface area contributed by atoms with Crippen molar-refractivity contribution < 1.29 is 27.1 Å². The van der Waals surface area contributed by atoms with Gasteiger partial charge < -0.3 is 30.4 Å². The van der Waals surface area contributed by atoms with Crippen molar-refractivity contribution >= 4 is 40.4 Å². The van der Waals surface area contributed by atoms with E-state index >= 15 is 0 Å². The van der Waals surface area contributed by atoms with Crippen LogP contribution >= 0.6 is 0 Å². The molecule has 0 radical (unpaired) electrons. The number of hydrogen-bond acceptors (Lipinski definition) is 10. The van der Waals surface area contributed by atoms with E-state index in [2.05, 4.69) is 30.8 Å². The predicted octanol–water partition coefficient (Wildman–Crippen LogP) is 4.07. The molecule has 15 heteroatoms. The minimum atomic E-state index is -4.59. The number of aromatic nitrogens is 3. The molecule has 2 aromatic carbocycles. The summed E-state index contributed by atoms with van der Waals surface area (Å²) in [5.41, 5.74) is 8.06. The normalized spacial score (nSPS) is 17.7. The van der Waals surface area contributed by atoms with Crippen molar-refractivity contribution in [1.29, 1.82) is 0 Å². The van der Waals surface area contributed by atoms with Gasteiger partial charge in [0.25, 0.3) is 11.8 Å². The van der Waals surface area contributed by atoms with Gasteiger partial charge in [0.1, 0.15) is 11.5 Å². The Balaban J connectivity index is 1.31. The summed E-state index contributed by atoms with van der Waals surface area (Å²) < 4.78 is 50.5. The van der Waals surface area contributed by atoms with Crippen molar-refractivity contribution in [2.45, 2.75) is 12.3 Å². The Morgan fingerprint density at radius 1 is 1.04 bits per heavy atom. The topological polar surface area (TPSA) is 156 Å². The van der Waals surface area contributed by atoms with Gasteiger partial charge in [-0.2, -0.15) is 13.2 Å². The number of carbonyl (C=O) groups is 1. The van der Waals surface area contributed by atoms with Crippen molar-refractivity contribution in [3.63, 3.8) is 0 Å². The largest absolute Gasteiger partial charge is 0.433 e. The number of alkyl halides is 3. The number of nitrogens with one attached hydrogen (secondary N) is 2. The Bertz CT molecular complexity index is 1760. The fourth-order valence-corrected chi connectivity index (χ4v) is 4.75. The number of fused-ring (bicyclic) bond motifs is 1. The van der Waals surface area contributed by atoms with Crippen molar-refractivity contribution in [3.05, 3.63) is 102 Å². The number of anilines is 2. The first-order valence-electron chi connectivity index (χ1n) is 13.8. The molecule has 6 rings (SSSR count). The third-order valence-corrected chi connectivity index (χ3v) is 6.90. The minimum absolute atomic E-state index is 0.0466. The number of hydrogen-bond donors (Lipinski definition) is 3. The summed E-state index contributed by atoms with van der Waals surface area (Å²) in [5, 5.41) is 13.9. The van der Waals surface area contributed by atoms with Crippen LogP contribution in [-0.4, -0.2) is 70.0 Å². The Hall–Kier alpha value is -5.57. The molecule has 0 saturated carbocycles. The van der Waals surface area contributed by atoms with E-state index in [1.54, 1.807) is 6.07 Å². The second-order valence-corrected chi connectivity index (χ2v) is 9.85. The van der Waals surface area contributed by atoms with Gasteiger partial charge in [-0.1, -0.05) is 53.6 Å². The Labute approximate surface area is 254 Å². The molecule has 0 spiro atoms. The molecule has 230 valence electrons. The molecule has 1 atom stereocenters. The first-order valence-corrected chi connectivity index (χ1v) is 13.8. The lowest BCUT2D eigenvalue weighted by Crippen LogP contribution is -2.41. The number of para-hydroxylation sites is 1. The maximum absolute atomic E-state index is 13.2. The fraction of sp³-hybridized carbons (Fsp3) is 0.200. The van der Waals surface area contributed by atoms with E-state index < -0.39 is 23.9 Å². The maximum Gasteiger partial charge on any atom is 0.433 e. The molecule has 2 aromatic heterocycles. The standard InChI is InChI=1S/C30H26F3N9O3/c31-30(32,33)23-11-10-19(17-35-23)36-26(42-12-14-44-15-13-42)21(16-34)28-40-41-29(45-28)39-25-27(43)37-22-9-5-4-8-20(22)24(38-25)18-6-2-1-3-7-18/h1-11,16-17,25H,12-15,34H2,(H,37,43)(H,39,41)/t25-/m1/s1. The average molecular weight is 618 g/mol. The molecule has 0 unspecified atom stereocenters. The number of benzodiazepines with no additional fused rings is 1. The zero-order valence-electron chi connectivity index (χ0n) is 23.5. The van der Waals surface area contributed by atoms with Crippen molar-refractivity contribution in [2.24, 2.45) is 15.7 Å². The molecule has 2 aliphatic rings. The average Bonchev–Trinajstić information content (AvgIpc) is 3.46. The number of pyridine rings is 1. The first-order chi connectivity index (χ1) is 21.8. The van der Waals surface area contributed by atoms with E-state index in [0.717, 1.165) is 23.4 Å². The van der Waals surface area contributed by atoms with Gasteiger partial charge in [0.2, 0.25) is 6.17 Å². The van der Waals surface area contributed by atoms with Gasteiger partial charge in [0, 0.05) is 30.4 Å². The van der Waals surface area contributed by atoms with Crippen LogP contribution in [0.4, 0.5) is 30.6 Å². The Kier molecular flexibility index (Phi) is 8.24. The van der Waals surface area contributed by atoms with Crippen LogP contribution in [-0.2, 0) is 15.7 Å². The highest BCUT2D eigenvalue weighted by atomic mass is 19.4. The summed E-state index contributed by atoms with van der Waals surface area (Å²) in [6.45, 7) is 1.62. The summed E-state index contributed by atoms with van der Waals surface area (Å²) in [5.74, 6) is -0.229. The number of nitrogens with zero attached hydrogens (tertiary/aromatic N) is 6. The number of halogens is 3. The van der Waals surface area contributed by atoms with Gasteiger partial charge in [-0.05, 0) is 18.2 Å². The van der Waals surface area contributed by atoms with Crippen LogP contribution < -0.4 is 16.4 Å². The van der Waals surface area contributed by atoms with Crippen LogP contribution in [0.25, 0.3) is 5.57 Å². The number of nitrogens with two attached hydrogens (primary N) is 1. The van der Waals surface area contributed by atoms with Crippen LogP contribution in [0.2, 0.25) is 0 Å². The van der Waals surface area contributed by atoms with Gasteiger partial charge >= 0.3 is 12.2 Å². The summed E-state index contributed by atoms with van der Waals surface area (Å²) >= 11 is 0.